The summed E-state index contributed by atoms with van der Waals surface area (Å²) < 4.78 is 5.24. The number of amides is 2. The Hall–Kier alpha value is -2.82. The van der Waals surface area contributed by atoms with E-state index < -0.39 is 6.04 Å². The first-order valence-corrected chi connectivity index (χ1v) is 11.2. The van der Waals surface area contributed by atoms with Crippen LogP contribution in [0.1, 0.15) is 54.9 Å². The molecule has 0 aliphatic heterocycles. The average Bonchev–Trinajstić information content (AvgIpc) is 3.27. The summed E-state index contributed by atoms with van der Waals surface area (Å²) in [5.74, 6) is 0.650. The molecule has 0 spiro atoms. The second-order valence-corrected chi connectivity index (χ2v) is 8.64. The zero-order valence-electron chi connectivity index (χ0n) is 19.1. The molecule has 0 bridgehead atoms. The molecule has 3 rings (SSSR count). The second kappa shape index (κ2) is 10.5. The molecule has 1 aliphatic carbocycles. The molecule has 0 aromatic heterocycles. The SMILES string of the molecule is COc1ccc(CN(C(=O)Cc2cc(C)ccc2C)[C@H](C)C(=O)NC2CCCC2)cc1. The van der Waals surface area contributed by atoms with Gasteiger partial charge < -0.3 is 15.0 Å². The predicted molar refractivity (Wildman–Crippen MR) is 123 cm³/mol. The molecule has 2 aromatic rings. The van der Waals surface area contributed by atoms with Crippen LogP contribution < -0.4 is 10.1 Å². The Kier molecular flexibility index (Phi) is 7.72. The minimum Gasteiger partial charge on any atom is -0.497 e. The fourth-order valence-corrected chi connectivity index (χ4v) is 4.16. The predicted octanol–water partition coefficient (Wildman–Crippen LogP) is 4.33. The van der Waals surface area contributed by atoms with E-state index >= 15 is 0 Å². The quantitative estimate of drug-likeness (QED) is 0.689. The summed E-state index contributed by atoms with van der Waals surface area (Å²) in [6.45, 7) is 6.26. The van der Waals surface area contributed by atoms with Crippen molar-refractivity contribution in [3.63, 3.8) is 0 Å². The van der Waals surface area contributed by atoms with Crippen LogP contribution in [0.3, 0.4) is 0 Å². The fourth-order valence-electron chi connectivity index (χ4n) is 4.16. The topological polar surface area (TPSA) is 58.6 Å². The van der Waals surface area contributed by atoms with Crippen LogP contribution in [0.2, 0.25) is 0 Å². The van der Waals surface area contributed by atoms with Gasteiger partial charge in [0.1, 0.15) is 11.8 Å². The van der Waals surface area contributed by atoms with Gasteiger partial charge in [-0.2, -0.15) is 0 Å². The van der Waals surface area contributed by atoms with E-state index in [0.717, 1.165) is 53.7 Å². The molecule has 1 N–H and O–H groups in total. The molecule has 5 nitrogen and oxygen atoms in total. The van der Waals surface area contributed by atoms with Gasteiger partial charge in [-0.05, 0) is 62.4 Å². The lowest BCUT2D eigenvalue weighted by atomic mass is 10.0. The van der Waals surface area contributed by atoms with E-state index in [1.807, 2.05) is 51.1 Å². The van der Waals surface area contributed by atoms with Gasteiger partial charge in [-0.3, -0.25) is 9.59 Å². The Bertz CT molecular complexity index is 901. The molecular weight excluding hydrogens is 388 g/mol. The zero-order valence-corrected chi connectivity index (χ0v) is 19.1. The Morgan fingerprint density at radius 2 is 1.77 bits per heavy atom. The number of nitrogens with zero attached hydrogens (tertiary/aromatic N) is 1. The Labute approximate surface area is 185 Å². The Balaban J connectivity index is 1.79. The summed E-state index contributed by atoms with van der Waals surface area (Å²) in [5.41, 5.74) is 4.19. The van der Waals surface area contributed by atoms with E-state index in [4.69, 9.17) is 4.74 Å². The smallest absolute Gasteiger partial charge is 0.242 e. The number of ether oxygens (including phenoxy) is 1. The maximum absolute atomic E-state index is 13.4. The summed E-state index contributed by atoms with van der Waals surface area (Å²) in [6, 6.07) is 13.5. The molecule has 0 radical (unpaired) electrons. The average molecular weight is 423 g/mol. The maximum atomic E-state index is 13.4. The molecule has 2 amide bonds. The number of methoxy groups -OCH3 is 1. The monoisotopic (exact) mass is 422 g/mol. The number of benzene rings is 2. The minimum absolute atomic E-state index is 0.0430. The molecule has 0 saturated heterocycles. The van der Waals surface area contributed by atoms with Crippen LogP contribution in [0.5, 0.6) is 5.75 Å². The van der Waals surface area contributed by atoms with Crippen molar-refractivity contribution in [3.05, 3.63) is 64.7 Å². The van der Waals surface area contributed by atoms with Crippen LogP contribution in [-0.2, 0) is 22.6 Å². The third kappa shape index (κ3) is 6.09. The first-order chi connectivity index (χ1) is 14.9. The molecule has 2 aromatic carbocycles. The summed E-state index contributed by atoms with van der Waals surface area (Å²) >= 11 is 0. The van der Waals surface area contributed by atoms with Crippen LogP contribution >= 0.6 is 0 Å². The van der Waals surface area contributed by atoms with Crippen LogP contribution in [0.25, 0.3) is 0 Å². The van der Waals surface area contributed by atoms with Crippen molar-refractivity contribution in [1.82, 2.24) is 10.2 Å². The lowest BCUT2D eigenvalue weighted by molar-refractivity contribution is -0.140. The van der Waals surface area contributed by atoms with Crippen LogP contribution in [0.15, 0.2) is 42.5 Å². The molecule has 1 aliphatic rings. The molecule has 1 saturated carbocycles. The normalized spacial score (nSPS) is 14.8. The van der Waals surface area contributed by atoms with E-state index in [0.29, 0.717) is 6.54 Å². The number of carbonyl (C=O) groups excluding carboxylic acids is 2. The van der Waals surface area contributed by atoms with Crippen LogP contribution in [-0.4, -0.2) is 35.9 Å². The highest BCUT2D eigenvalue weighted by Gasteiger charge is 2.28. The standard InChI is InChI=1S/C26H34N2O3/c1-18-9-10-19(2)22(15-18)16-25(29)28(17-21-11-13-24(31-4)14-12-21)20(3)26(30)27-23-7-5-6-8-23/h9-15,20,23H,5-8,16-17H2,1-4H3,(H,27,30)/t20-/m1/s1. The summed E-state index contributed by atoms with van der Waals surface area (Å²) in [7, 11) is 1.63. The summed E-state index contributed by atoms with van der Waals surface area (Å²) in [6.07, 6.45) is 4.63. The van der Waals surface area contributed by atoms with Crippen molar-refractivity contribution in [2.75, 3.05) is 7.11 Å². The number of hydrogen-bond donors (Lipinski definition) is 1. The van der Waals surface area contributed by atoms with Crippen LogP contribution in [0, 0.1) is 13.8 Å². The summed E-state index contributed by atoms with van der Waals surface area (Å²) in [4.78, 5) is 28.1. The number of nitrogens with one attached hydrogen (secondary N) is 1. The van der Waals surface area contributed by atoms with Gasteiger partial charge in [-0.15, -0.1) is 0 Å². The molecule has 1 fully saturated rings. The molecule has 31 heavy (non-hydrogen) atoms. The number of carbonyl (C=O) groups is 2. The molecule has 0 unspecified atom stereocenters. The van der Waals surface area contributed by atoms with Gasteiger partial charge in [0.25, 0.3) is 0 Å². The van der Waals surface area contributed by atoms with Gasteiger partial charge in [0.15, 0.2) is 0 Å². The van der Waals surface area contributed by atoms with Gasteiger partial charge in [0.05, 0.1) is 13.5 Å². The molecule has 166 valence electrons. The van der Waals surface area contributed by atoms with E-state index in [2.05, 4.69) is 17.4 Å². The number of aryl methyl sites for hydroxylation is 2. The largest absolute Gasteiger partial charge is 0.497 e. The van der Waals surface area contributed by atoms with Crippen LogP contribution in [0.4, 0.5) is 0 Å². The van der Waals surface area contributed by atoms with Gasteiger partial charge in [0.2, 0.25) is 11.8 Å². The van der Waals surface area contributed by atoms with Gasteiger partial charge in [-0.25, -0.2) is 0 Å². The number of rotatable bonds is 8. The summed E-state index contributed by atoms with van der Waals surface area (Å²) in [5, 5.41) is 3.15. The van der Waals surface area contributed by atoms with Crippen molar-refractivity contribution < 1.29 is 14.3 Å². The third-order valence-electron chi connectivity index (χ3n) is 6.23. The highest BCUT2D eigenvalue weighted by Crippen LogP contribution is 2.20. The minimum atomic E-state index is -0.541. The van der Waals surface area contributed by atoms with Gasteiger partial charge in [0, 0.05) is 12.6 Å². The lowest BCUT2D eigenvalue weighted by Gasteiger charge is -2.30. The first kappa shape index (κ1) is 22.9. The highest BCUT2D eigenvalue weighted by atomic mass is 16.5. The van der Waals surface area contributed by atoms with Gasteiger partial charge in [-0.1, -0.05) is 48.7 Å². The molecular formula is C26H34N2O3. The van der Waals surface area contributed by atoms with Crippen molar-refractivity contribution in [3.8, 4) is 5.75 Å². The van der Waals surface area contributed by atoms with E-state index in [1.165, 1.54) is 0 Å². The highest BCUT2D eigenvalue weighted by molar-refractivity contribution is 5.88. The molecule has 1 atom stereocenters. The van der Waals surface area contributed by atoms with Gasteiger partial charge >= 0.3 is 0 Å². The van der Waals surface area contributed by atoms with Crippen molar-refractivity contribution >= 4 is 11.8 Å². The number of hydrogen-bond acceptors (Lipinski definition) is 3. The fraction of sp³-hybridized carbons (Fsp3) is 0.462. The van der Waals surface area contributed by atoms with Crippen molar-refractivity contribution in [2.24, 2.45) is 0 Å². The van der Waals surface area contributed by atoms with E-state index in [1.54, 1.807) is 12.0 Å². The second-order valence-electron chi connectivity index (χ2n) is 8.64. The zero-order chi connectivity index (χ0) is 22.4. The lowest BCUT2D eigenvalue weighted by Crippen LogP contribution is -2.50. The van der Waals surface area contributed by atoms with Crippen molar-refractivity contribution in [2.45, 2.75) is 71.5 Å². The molecule has 0 heterocycles. The van der Waals surface area contributed by atoms with E-state index in [-0.39, 0.29) is 24.3 Å². The Morgan fingerprint density at radius 3 is 2.42 bits per heavy atom. The molecule has 5 heteroatoms. The Morgan fingerprint density at radius 1 is 1.10 bits per heavy atom. The first-order valence-electron chi connectivity index (χ1n) is 11.2. The third-order valence-corrected chi connectivity index (χ3v) is 6.23. The van der Waals surface area contributed by atoms with E-state index in [9.17, 15) is 9.59 Å². The van der Waals surface area contributed by atoms with Crippen molar-refractivity contribution in [1.29, 1.82) is 0 Å². The maximum Gasteiger partial charge on any atom is 0.242 e.